The Labute approximate surface area is 213 Å². The van der Waals surface area contributed by atoms with Crippen LogP contribution in [0, 0.1) is 22.7 Å². The molecule has 0 spiro atoms. The van der Waals surface area contributed by atoms with E-state index in [4.69, 9.17) is 14.5 Å². The number of likely N-dealkylation sites (tertiary alicyclic amines) is 1. The van der Waals surface area contributed by atoms with Crippen molar-refractivity contribution in [3.05, 3.63) is 16.7 Å². The van der Waals surface area contributed by atoms with Gasteiger partial charge in [0.25, 0.3) is 0 Å². The molecule has 36 heavy (non-hydrogen) atoms. The third-order valence-electron chi connectivity index (χ3n) is 7.14. The van der Waals surface area contributed by atoms with Crippen molar-refractivity contribution in [2.45, 2.75) is 70.7 Å². The van der Waals surface area contributed by atoms with Gasteiger partial charge in [-0.15, -0.1) is 0 Å². The number of amides is 1. The number of fused-ring (bicyclic) bond motifs is 1. The summed E-state index contributed by atoms with van der Waals surface area (Å²) in [4.78, 5) is 23.8. The summed E-state index contributed by atoms with van der Waals surface area (Å²) in [5.41, 5.74) is 1.89. The zero-order valence-corrected chi connectivity index (χ0v) is 21.8. The van der Waals surface area contributed by atoms with Crippen LogP contribution in [0.2, 0.25) is 0 Å². The zero-order valence-electron chi connectivity index (χ0n) is 21.8. The first kappa shape index (κ1) is 26.0. The number of nitriles is 2. The molecule has 0 saturated carbocycles. The molecule has 0 aliphatic carbocycles. The minimum Gasteiger partial charge on any atom is -0.475 e. The fourth-order valence-electron chi connectivity index (χ4n) is 5.25. The second-order valence-electron chi connectivity index (χ2n) is 10.8. The van der Waals surface area contributed by atoms with E-state index >= 15 is 0 Å². The average Bonchev–Trinajstić information content (AvgIpc) is 3.25. The molecule has 4 heterocycles. The minimum atomic E-state index is -0.605. The molecule has 194 valence electrons. The molecule has 10 nitrogen and oxygen atoms in total. The first-order chi connectivity index (χ1) is 17.2. The molecule has 10 heteroatoms. The molecule has 0 radical (unpaired) electrons. The van der Waals surface area contributed by atoms with Gasteiger partial charge in [-0.3, -0.25) is 0 Å². The van der Waals surface area contributed by atoms with Gasteiger partial charge in [-0.25, -0.2) is 4.79 Å². The van der Waals surface area contributed by atoms with Crippen LogP contribution in [0.3, 0.4) is 0 Å². The number of pyridine rings is 1. The molecule has 3 aliphatic rings. The van der Waals surface area contributed by atoms with Crippen LogP contribution in [0.1, 0.15) is 56.7 Å². The lowest BCUT2D eigenvalue weighted by molar-refractivity contribution is 0.0144. The maximum atomic E-state index is 12.8. The van der Waals surface area contributed by atoms with Crippen molar-refractivity contribution in [3.63, 3.8) is 0 Å². The zero-order chi connectivity index (χ0) is 25.9. The third-order valence-corrected chi connectivity index (χ3v) is 7.14. The number of likely N-dealkylation sites (N-methyl/N-ethyl adjacent to an activating group) is 1. The number of carbonyl (C=O) groups excluding carboxylic acids is 1. The van der Waals surface area contributed by atoms with E-state index in [1.54, 1.807) is 4.90 Å². The van der Waals surface area contributed by atoms with Crippen LogP contribution in [0.4, 0.5) is 10.6 Å². The van der Waals surface area contributed by atoms with Gasteiger partial charge in [-0.1, -0.05) is 0 Å². The minimum absolute atomic E-state index is 0.202. The van der Waals surface area contributed by atoms with E-state index in [1.165, 1.54) is 0 Å². The molecular weight excluding hydrogens is 458 g/mol. The molecule has 4 rings (SSSR count). The number of nitrogens with one attached hydrogen (secondary N) is 1. The van der Waals surface area contributed by atoms with Gasteiger partial charge in [0.1, 0.15) is 29.7 Å². The highest BCUT2D eigenvalue weighted by atomic mass is 16.6. The van der Waals surface area contributed by atoms with Crippen LogP contribution in [0.15, 0.2) is 0 Å². The number of aromatic nitrogens is 1. The van der Waals surface area contributed by atoms with Crippen molar-refractivity contribution in [2.75, 3.05) is 51.3 Å². The highest BCUT2D eigenvalue weighted by Crippen LogP contribution is 2.34. The average molecular weight is 496 g/mol. The van der Waals surface area contributed by atoms with Gasteiger partial charge in [0.15, 0.2) is 0 Å². The fourth-order valence-corrected chi connectivity index (χ4v) is 5.25. The lowest BCUT2D eigenvalue weighted by Gasteiger charge is -2.42. The summed E-state index contributed by atoms with van der Waals surface area (Å²) in [6.45, 7) is 9.92. The van der Waals surface area contributed by atoms with Crippen molar-refractivity contribution in [1.29, 1.82) is 10.5 Å². The largest absolute Gasteiger partial charge is 0.475 e. The normalized spacial score (nSPS) is 22.5. The highest BCUT2D eigenvalue weighted by molar-refractivity contribution is 5.69. The Morgan fingerprint density at radius 1 is 1.19 bits per heavy atom. The number of carbonyl (C=O) groups is 1. The Balaban J connectivity index is 1.62. The first-order valence-corrected chi connectivity index (χ1v) is 12.8. The molecule has 2 atom stereocenters. The second kappa shape index (κ2) is 10.9. The van der Waals surface area contributed by atoms with E-state index in [2.05, 4.69) is 34.3 Å². The summed E-state index contributed by atoms with van der Waals surface area (Å²) in [5, 5.41) is 22.9. The number of piperazine rings is 1. The van der Waals surface area contributed by atoms with Crippen molar-refractivity contribution in [2.24, 2.45) is 0 Å². The van der Waals surface area contributed by atoms with E-state index in [0.717, 1.165) is 49.3 Å². The lowest BCUT2D eigenvalue weighted by Crippen LogP contribution is -2.56. The summed E-state index contributed by atoms with van der Waals surface area (Å²) >= 11 is 0. The maximum Gasteiger partial charge on any atom is 0.410 e. The number of rotatable bonds is 5. The molecule has 1 aromatic heterocycles. The molecule has 1 amide bonds. The molecule has 1 N–H and O–H groups in total. The quantitative estimate of drug-likeness (QED) is 0.657. The Kier molecular flexibility index (Phi) is 7.87. The molecule has 2 saturated heterocycles. The predicted octanol–water partition coefficient (Wildman–Crippen LogP) is 2.41. The third kappa shape index (κ3) is 5.66. The summed E-state index contributed by atoms with van der Waals surface area (Å²) in [6, 6.07) is 4.57. The Morgan fingerprint density at radius 2 is 2.00 bits per heavy atom. The van der Waals surface area contributed by atoms with Crippen LogP contribution < -0.4 is 15.0 Å². The molecule has 0 bridgehead atoms. The number of hydrogen-bond donors (Lipinski definition) is 1. The van der Waals surface area contributed by atoms with E-state index in [1.807, 2.05) is 20.8 Å². The van der Waals surface area contributed by atoms with Crippen molar-refractivity contribution < 1.29 is 14.3 Å². The lowest BCUT2D eigenvalue weighted by atomic mass is 9.96. The Bertz CT molecular complexity index is 1060. The van der Waals surface area contributed by atoms with Crippen LogP contribution in [0.25, 0.3) is 0 Å². The van der Waals surface area contributed by atoms with E-state index in [-0.39, 0.29) is 12.5 Å². The smallest absolute Gasteiger partial charge is 0.410 e. The number of ether oxygens (including phenoxy) is 2. The molecule has 3 aliphatic heterocycles. The summed E-state index contributed by atoms with van der Waals surface area (Å²) in [6.07, 6.45) is 2.77. The molecule has 1 unspecified atom stereocenters. The number of nitrogens with zero attached hydrogens (tertiary/aromatic N) is 6. The summed E-state index contributed by atoms with van der Waals surface area (Å²) in [7, 11) is 2.10. The van der Waals surface area contributed by atoms with Gasteiger partial charge in [0.05, 0.1) is 18.5 Å². The van der Waals surface area contributed by atoms with Gasteiger partial charge in [0, 0.05) is 37.8 Å². The molecule has 0 aromatic carbocycles. The number of anilines is 1. The van der Waals surface area contributed by atoms with Crippen LogP contribution >= 0.6 is 0 Å². The van der Waals surface area contributed by atoms with Crippen molar-refractivity contribution >= 4 is 11.9 Å². The van der Waals surface area contributed by atoms with Gasteiger partial charge >= 0.3 is 6.09 Å². The first-order valence-electron chi connectivity index (χ1n) is 12.8. The van der Waals surface area contributed by atoms with Gasteiger partial charge in [-0.05, 0) is 65.7 Å². The van der Waals surface area contributed by atoms with Crippen molar-refractivity contribution in [1.82, 2.24) is 20.1 Å². The van der Waals surface area contributed by atoms with E-state index in [9.17, 15) is 15.3 Å². The predicted molar refractivity (Wildman–Crippen MR) is 135 cm³/mol. The second-order valence-corrected chi connectivity index (χ2v) is 10.8. The van der Waals surface area contributed by atoms with Crippen LogP contribution in [-0.4, -0.2) is 84.9 Å². The monoisotopic (exact) mass is 495 g/mol. The van der Waals surface area contributed by atoms with Crippen LogP contribution in [0.5, 0.6) is 5.88 Å². The van der Waals surface area contributed by atoms with E-state index < -0.39 is 11.7 Å². The molecule has 1 aromatic rings. The van der Waals surface area contributed by atoms with Gasteiger partial charge in [-0.2, -0.15) is 15.5 Å². The maximum absolute atomic E-state index is 12.8. The van der Waals surface area contributed by atoms with Crippen molar-refractivity contribution in [3.8, 4) is 18.0 Å². The SMILES string of the molecule is CN1CCC[C@H]1COc1nc(N2CCN(C(=O)OC(C)(C)C)C(CC#N)C2)c2c(c1C#N)CNCC2. The fraction of sp³-hybridized carbons (Fsp3) is 0.692. The van der Waals surface area contributed by atoms with Gasteiger partial charge in [0.2, 0.25) is 5.88 Å². The standard InChI is InChI=1S/C26H37N7O3/c1-26(2,3)36-25(34)33-13-12-32(16-18(33)7-9-27)23-20-8-10-29-15-22(20)21(14-28)24(30-23)35-17-19-6-5-11-31(19)4/h18-19,29H,5-8,10-13,15-17H2,1-4H3/t18?,19-/m0/s1. The summed E-state index contributed by atoms with van der Waals surface area (Å²) < 4.78 is 11.8. The van der Waals surface area contributed by atoms with Crippen LogP contribution in [-0.2, 0) is 17.7 Å². The highest BCUT2D eigenvalue weighted by Gasteiger charge is 2.36. The van der Waals surface area contributed by atoms with E-state index in [0.29, 0.717) is 50.3 Å². The molecular formula is C26H37N7O3. The topological polar surface area (TPSA) is 118 Å². The van der Waals surface area contributed by atoms with Gasteiger partial charge < -0.3 is 29.5 Å². The molecule has 2 fully saturated rings. The number of hydrogen-bond acceptors (Lipinski definition) is 9. The Hall–Kier alpha value is -3.08. The Morgan fingerprint density at radius 3 is 2.67 bits per heavy atom. The summed E-state index contributed by atoms with van der Waals surface area (Å²) in [5.74, 6) is 1.17.